The summed E-state index contributed by atoms with van der Waals surface area (Å²) in [6.07, 6.45) is 6.78. The van der Waals surface area contributed by atoms with Crippen LogP contribution in [0.25, 0.3) is 0 Å². The van der Waals surface area contributed by atoms with Gasteiger partial charge >= 0.3 is 11.9 Å². The van der Waals surface area contributed by atoms with Crippen molar-refractivity contribution in [2.45, 2.75) is 18.2 Å². The lowest BCUT2D eigenvalue weighted by Crippen LogP contribution is -2.27. The van der Waals surface area contributed by atoms with E-state index in [1.165, 1.54) is 37.3 Å². The molecular weight excluding hydrogens is 370 g/mol. The van der Waals surface area contributed by atoms with Gasteiger partial charge in [0.15, 0.2) is 9.84 Å². The van der Waals surface area contributed by atoms with Gasteiger partial charge in [-0.2, -0.15) is 0 Å². The number of hydrogen-bond donors (Lipinski definition) is 0. The minimum atomic E-state index is -3.35. The largest absolute Gasteiger partial charge is 0.465 e. The third-order valence-corrected chi connectivity index (χ3v) is 5.77. The van der Waals surface area contributed by atoms with Crippen LogP contribution in [-0.4, -0.2) is 40.3 Å². The summed E-state index contributed by atoms with van der Waals surface area (Å²) in [5.41, 5.74) is 0.489. The summed E-state index contributed by atoms with van der Waals surface area (Å²) >= 11 is 0. The second kappa shape index (κ2) is 8.68. The standard InChI is InChI=1S/C19H21NO6S/c1-4-13-27(23,24)15-10-8-14(9-11-15)20-12-6-5-7-16(18(21)25-2)17(20)19(22)26-3/h5-12H,4,13H2,1-3H3. The molecule has 0 fully saturated rings. The van der Waals surface area contributed by atoms with Crippen molar-refractivity contribution in [1.82, 2.24) is 0 Å². The molecule has 0 radical (unpaired) electrons. The minimum Gasteiger partial charge on any atom is -0.465 e. The third-order valence-electron chi connectivity index (χ3n) is 3.84. The topological polar surface area (TPSA) is 90.0 Å². The van der Waals surface area contributed by atoms with Gasteiger partial charge in [-0.05, 0) is 42.8 Å². The summed E-state index contributed by atoms with van der Waals surface area (Å²) in [6.45, 7) is 1.79. The zero-order valence-electron chi connectivity index (χ0n) is 15.3. The van der Waals surface area contributed by atoms with E-state index in [0.29, 0.717) is 12.1 Å². The maximum absolute atomic E-state index is 12.4. The van der Waals surface area contributed by atoms with Crippen LogP contribution in [0.15, 0.2) is 64.9 Å². The van der Waals surface area contributed by atoms with Crippen molar-refractivity contribution in [1.29, 1.82) is 0 Å². The average Bonchev–Trinajstić information content (AvgIpc) is 2.89. The number of rotatable bonds is 6. The number of methoxy groups -OCH3 is 2. The fourth-order valence-corrected chi connectivity index (χ4v) is 3.89. The highest BCUT2D eigenvalue weighted by Crippen LogP contribution is 2.27. The summed E-state index contributed by atoms with van der Waals surface area (Å²) in [5.74, 6) is -1.36. The number of anilines is 1. The van der Waals surface area contributed by atoms with Crippen LogP contribution in [0.5, 0.6) is 0 Å². The molecule has 0 unspecified atom stereocenters. The Balaban J connectivity index is 2.54. The Morgan fingerprint density at radius 2 is 1.63 bits per heavy atom. The molecular formula is C19H21NO6S. The average molecular weight is 391 g/mol. The number of carbonyl (C=O) groups excluding carboxylic acids is 2. The Bertz CT molecular complexity index is 910. The number of benzene rings is 1. The molecule has 0 bridgehead atoms. The van der Waals surface area contributed by atoms with Crippen LogP contribution < -0.4 is 4.90 Å². The second-order valence-electron chi connectivity index (χ2n) is 5.63. The van der Waals surface area contributed by atoms with Crippen molar-refractivity contribution in [2.24, 2.45) is 0 Å². The lowest BCUT2D eigenvalue weighted by atomic mass is 10.1. The SMILES string of the molecule is CCCS(=O)(=O)c1ccc(N2C=CC=CC(C(=O)OC)=C2C(=O)OC)cc1. The Hall–Kier alpha value is -2.87. The molecule has 1 aliphatic rings. The van der Waals surface area contributed by atoms with E-state index in [2.05, 4.69) is 0 Å². The number of ether oxygens (including phenoxy) is 2. The van der Waals surface area contributed by atoms with E-state index in [4.69, 9.17) is 9.47 Å². The number of sulfone groups is 1. The van der Waals surface area contributed by atoms with Gasteiger partial charge < -0.3 is 14.4 Å². The fourth-order valence-electron chi connectivity index (χ4n) is 2.57. The molecule has 0 aliphatic carbocycles. The van der Waals surface area contributed by atoms with Crippen LogP contribution in [0.2, 0.25) is 0 Å². The smallest absolute Gasteiger partial charge is 0.355 e. The van der Waals surface area contributed by atoms with Gasteiger partial charge in [-0.1, -0.05) is 13.0 Å². The first-order chi connectivity index (χ1) is 12.9. The van der Waals surface area contributed by atoms with Crippen molar-refractivity contribution in [3.05, 3.63) is 60.0 Å². The van der Waals surface area contributed by atoms with Gasteiger partial charge in [0.05, 0.1) is 30.4 Å². The van der Waals surface area contributed by atoms with Gasteiger partial charge in [-0.3, -0.25) is 0 Å². The molecule has 8 heteroatoms. The molecule has 0 aromatic heterocycles. The summed E-state index contributed by atoms with van der Waals surface area (Å²) < 4.78 is 34.0. The summed E-state index contributed by atoms with van der Waals surface area (Å²) in [5, 5.41) is 0. The molecule has 1 heterocycles. The van der Waals surface area contributed by atoms with Crippen LogP contribution in [-0.2, 0) is 28.9 Å². The van der Waals surface area contributed by atoms with E-state index in [1.807, 2.05) is 0 Å². The Morgan fingerprint density at radius 3 is 2.19 bits per heavy atom. The molecule has 144 valence electrons. The van der Waals surface area contributed by atoms with Crippen LogP contribution in [0.3, 0.4) is 0 Å². The van der Waals surface area contributed by atoms with E-state index in [0.717, 1.165) is 0 Å². The number of hydrogen-bond acceptors (Lipinski definition) is 7. The number of allylic oxidation sites excluding steroid dienone is 2. The maximum Gasteiger partial charge on any atom is 0.355 e. The van der Waals surface area contributed by atoms with Crippen molar-refractivity contribution < 1.29 is 27.5 Å². The normalized spacial score (nSPS) is 14.1. The predicted molar refractivity (Wildman–Crippen MR) is 101 cm³/mol. The molecule has 1 aromatic rings. The second-order valence-corrected chi connectivity index (χ2v) is 7.74. The highest BCUT2D eigenvalue weighted by atomic mass is 32.2. The molecule has 1 aromatic carbocycles. The number of nitrogens with zero attached hydrogens (tertiary/aromatic N) is 1. The van der Waals surface area contributed by atoms with Crippen LogP contribution in [0.1, 0.15) is 13.3 Å². The van der Waals surface area contributed by atoms with E-state index in [-0.39, 0.29) is 21.9 Å². The molecule has 0 amide bonds. The summed E-state index contributed by atoms with van der Waals surface area (Å²) in [7, 11) is -0.928. The summed E-state index contributed by atoms with van der Waals surface area (Å²) in [6, 6.07) is 6.07. The van der Waals surface area contributed by atoms with Gasteiger partial charge in [0, 0.05) is 11.9 Å². The van der Waals surface area contributed by atoms with Crippen LogP contribution in [0, 0.1) is 0 Å². The van der Waals surface area contributed by atoms with E-state index >= 15 is 0 Å². The molecule has 0 saturated heterocycles. The van der Waals surface area contributed by atoms with Gasteiger partial charge in [0.25, 0.3) is 0 Å². The first-order valence-corrected chi connectivity index (χ1v) is 9.88. The van der Waals surface area contributed by atoms with E-state index < -0.39 is 21.8 Å². The first-order valence-electron chi connectivity index (χ1n) is 8.23. The molecule has 2 rings (SSSR count). The molecule has 0 atom stereocenters. The highest BCUT2D eigenvalue weighted by molar-refractivity contribution is 7.91. The van der Waals surface area contributed by atoms with E-state index in [9.17, 15) is 18.0 Å². The Labute approximate surface area is 158 Å². The fraction of sp³-hybridized carbons (Fsp3) is 0.263. The predicted octanol–water partition coefficient (Wildman–Crippen LogP) is 2.36. The molecule has 0 N–H and O–H groups in total. The lowest BCUT2D eigenvalue weighted by molar-refractivity contribution is -0.139. The third kappa shape index (κ3) is 4.46. The Kier molecular flexibility index (Phi) is 6.57. The number of esters is 2. The van der Waals surface area contributed by atoms with Crippen LogP contribution in [0.4, 0.5) is 5.69 Å². The van der Waals surface area contributed by atoms with Gasteiger partial charge in [-0.15, -0.1) is 0 Å². The highest BCUT2D eigenvalue weighted by Gasteiger charge is 2.27. The van der Waals surface area contributed by atoms with Crippen molar-refractivity contribution in [2.75, 3.05) is 24.9 Å². The molecule has 7 nitrogen and oxygen atoms in total. The zero-order valence-corrected chi connectivity index (χ0v) is 16.2. The molecule has 0 spiro atoms. The van der Waals surface area contributed by atoms with Crippen molar-refractivity contribution in [3.8, 4) is 0 Å². The van der Waals surface area contributed by atoms with Crippen LogP contribution >= 0.6 is 0 Å². The first kappa shape index (κ1) is 20.4. The van der Waals surface area contributed by atoms with Gasteiger partial charge in [-0.25, -0.2) is 18.0 Å². The van der Waals surface area contributed by atoms with Gasteiger partial charge in [0.2, 0.25) is 0 Å². The monoisotopic (exact) mass is 391 g/mol. The summed E-state index contributed by atoms with van der Waals surface area (Å²) in [4.78, 5) is 26.1. The maximum atomic E-state index is 12.4. The van der Waals surface area contributed by atoms with Gasteiger partial charge in [0.1, 0.15) is 5.70 Å². The van der Waals surface area contributed by atoms with Crippen molar-refractivity contribution in [3.63, 3.8) is 0 Å². The lowest BCUT2D eigenvalue weighted by Gasteiger charge is -2.23. The molecule has 0 saturated carbocycles. The number of carbonyl (C=O) groups is 2. The minimum absolute atomic E-state index is 0.0250. The molecule has 1 aliphatic heterocycles. The molecule has 27 heavy (non-hydrogen) atoms. The zero-order chi connectivity index (χ0) is 20.0. The Morgan fingerprint density at radius 1 is 1.00 bits per heavy atom. The van der Waals surface area contributed by atoms with Crippen molar-refractivity contribution >= 4 is 27.5 Å². The quantitative estimate of drug-likeness (QED) is 0.688. The van der Waals surface area contributed by atoms with E-state index in [1.54, 1.807) is 37.4 Å².